The van der Waals surface area contributed by atoms with Crippen LogP contribution in [0.5, 0.6) is 0 Å². The number of ether oxygens (including phenoxy) is 3. The van der Waals surface area contributed by atoms with Crippen molar-refractivity contribution in [2.45, 2.75) is 335 Å². The van der Waals surface area contributed by atoms with E-state index in [1.807, 2.05) is 0 Å². The van der Waals surface area contributed by atoms with Crippen LogP contribution in [0, 0.1) is 0 Å². The standard InChI is InChI=1S/C69H122O6/c1-4-7-10-13-16-19-22-25-27-29-30-31-32-33-34-35-36-37-38-40-41-44-47-50-53-56-59-62-68(71)74-65-66(64-73-67(70)61-58-55-52-49-46-43-24-21-18-15-12-9-6-3)75-69(72)63-60-57-54-51-48-45-42-39-28-26-23-20-17-14-11-8-5-2/h7,10,16,19,25,27,30-31,33-34,36-37,66H,4-6,8-9,11-15,17-18,20-24,26,28-29,32,35,38-65H2,1-3H3/b10-7-,19-16-,27-25-,31-30-,34-33-,37-36-. The number of carbonyl (C=O) groups excluding carboxylic acids is 3. The summed E-state index contributed by atoms with van der Waals surface area (Å²) in [6, 6.07) is 0. The summed E-state index contributed by atoms with van der Waals surface area (Å²) in [6.07, 6.45) is 81.9. The van der Waals surface area contributed by atoms with Gasteiger partial charge in [-0.15, -0.1) is 0 Å². The topological polar surface area (TPSA) is 78.9 Å². The SMILES string of the molecule is CC/C=C\C/C=C\C/C=C\C/C=C\C/C=C\C/C=C\CCCCCCCCCCC(=O)OCC(COC(=O)CCCCCCCCCCCCCCC)OC(=O)CCCCCCCCCCCCCCCCCCC. The van der Waals surface area contributed by atoms with Crippen LogP contribution in [0.15, 0.2) is 72.9 Å². The van der Waals surface area contributed by atoms with Crippen molar-refractivity contribution in [3.8, 4) is 0 Å². The minimum Gasteiger partial charge on any atom is -0.462 e. The first kappa shape index (κ1) is 71.8. The first-order chi connectivity index (χ1) is 37.0. The lowest BCUT2D eigenvalue weighted by Gasteiger charge is -2.18. The first-order valence-corrected chi connectivity index (χ1v) is 32.4. The first-order valence-electron chi connectivity index (χ1n) is 32.4. The molecule has 0 rings (SSSR count). The van der Waals surface area contributed by atoms with Crippen molar-refractivity contribution >= 4 is 17.9 Å². The summed E-state index contributed by atoms with van der Waals surface area (Å²) in [5, 5.41) is 0. The molecule has 6 nitrogen and oxygen atoms in total. The van der Waals surface area contributed by atoms with E-state index in [2.05, 4.69) is 93.7 Å². The number of hydrogen-bond donors (Lipinski definition) is 0. The van der Waals surface area contributed by atoms with Crippen molar-refractivity contribution in [2.24, 2.45) is 0 Å². The maximum Gasteiger partial charge on any atom is 0.306 e. The lowest BCUT2D eigenvalue weighted by Crippen LogP contribution is -2.30. The molecule has 6 heteroatoms. The van der Waals surface area contributed by atoms with Gasteiger partial charge in [0, 0.05) is 19.3 Å². The number of carbonyl (C=O) groups is 3. The van der Waals surface area contributed by atoms with E-state index in [1.54, 1.807) is 0 Å². The fourth-order valence-electron chi connectivity index (χ4n) is 9.39. The molecule has 1 atom stereocenters. The average molecular weight is 1050 g/mol. The van der Waals surface area contributed by atoms with E-state index in [-0.39, 0.29) is 31.1 Å². The molecule has 0 aromatic heterocycles. The summed E-state index contributed by atoms with van der Waals surface area (Å²) < 4.78 is 16.9. The van der Waals surface area contributed by atoms with Gasteiger partial charge in [0.15, 0.2) is 6.10 Å². The lowest BCUT2D eigenvalue weighted by molar-refractivity contribution is -0.167. The third kappa shape index (κ3) is 61.6. The van der Waals surface area contributed by atoms with Gasteiger partial charge in [0.05, 0.1) is 0 Å². The van der Waals surface area contributed by atoms with Gasteiger partial charge in [-0.1, -0.05) is 312 Å². The lowest BCUT2D eigenvalue weighted by atomic mass is 10.0. The quantitative estimate of drug-likeness (QED) is 0.0261. The van der Waals surface area contributed by atoms with Gasteiger partial charge in [-0.2, -0.15) is 0 Å². The predicted octanol–water partition coefficient (Wildman–Crippen LogP) is 22.1. The van der Waals surface area contributed by atoms with Gasteiger partial charge in [0.25, 0.3) is 0 Å². The van der Waals surface area contributed by atoms with E-state index in [4.69, 9.17) is 14.2 Å². The zero-order valence-corrected chi connectivity index (χ0v) is 49.8. The highest BCUT2D eigenvalue weighted by Gasteiger charge is 2.19. The van der Waals surface area contributed by atoms with Gasteiger partial charge < -0.3 is 14.2 Å². The number of esters is 3. The highest BCUT2D eigenvalue weighted by atomic mass is 16.6. The van der Waals surface area contributed by atoms with Gasteiger partial charge in [0.2, 0.25) is 0 Å². The number of hydrogen-bond acceptors (Lipinski definition) is 6. The molecule has 0 bridgehead atoms. The molecule has 434 valence electrons. The normalized spacial score (nSPS) is 12.5. The van der Waals surface area contributed by atoms with E-state index in [0.717, 1.165) is 103 Å². The van der Waals surface area contributed by atoms with Crippen LogP contribution in [0.1, 0.15) is 329 Å². The maximum atomic E-state index is 12.9. The number of unbranched alkanes of at least 4 members (excludes halogenated alkanes) is 36. The maximum absolute atomic E-state index is 12.9. The highest BCUT2D eigenvalue weighted by molar-refractivity contribution is 5.71. The molecule has 0 saturated heterocycles. The zero-order valence-electron chi connectivity index (χ0n) is 49.8. The van der Waals surface area contributed by atoms with Crippen LogP contribution in [-0.2, 0) is 28.6 Å². The summed E-state index contributed by atoms with van der Waals surface area (Å²) in [4.78, 5) is 38.3. The smallest absolute Gasteiger partial charge is 0.306 e. The minimum absolute atomic E-state index is 0.0727. The Bertz CT molecular complexity index is 1390. The molecule has 75 heavy (non-hydrogen) atoms. The van der Waals surface area contributed by atoms with Crippen molar-refractivity contribution in [3.63, 3.8) is 0 Å². The largest absolute Gasteiger partial charge is 0.462 e. The molecule has 1 unspecified atom stereocenters. The Morgan fingerprint density at radius 3 is 0.813 bits per heavy atom. The molecule has 0 radical (unpaired) electrons. The molecular formula is C69H122O6. The average Bonchev–Trinajstić information content (AvgIpc) is 3.41. The Balaban J connectivity index is 4.29. The molecule has 0 saturated carbocycles. The Kier molecular flexibility index (Phi) is 60.7. The summed E-state index contributed by atoms with van der Waals surface area (Å²) in [5.41, 5.74) is 0. The van der Waals surface area contributed by atoms with Crippen molar-refractivity contribution in [1.29, 1.82) is 0 Å². The Labute approximate surface area is 465 Å². The predicted molar refractivity (Wildman–Crippen MR) is 325 cm³/mol. The van der Waals surface area contributed by atoms with Crippen LogP contribution < -0.4 is 0 Å². The molecule has 0 fully saturated rings. The van der Waals surface area contributed by atoms with Gasteiger partial charge >= 0.3 is 17.9 Å². The van der Waals surface area contributed by atoms with Crippen LogP contribution >= 0.6 is 0 Å². The number of rotatable bonds is 59. The van der Waals surface area contributed by atoms with Crippen LogP contribution in [0.4, 0.5) is 0 Å². The van der Waals surface area contributed by atoms with Crippen molar-refractivity contribution in [1.82, 2.24) is 0 Å². The van der Waals surface area contributed by atoms with Gasteiger partial charge in [0.1, 0.15) is 13.2 Å². The molecular weight excluding hydrogens is 925 g/mol. The molecule has 0 spiro atoms. The molecule has 0 aliphatic heterocycles. The van der Waals surface area contributed by atoms with E-state index in [0.29, 0.717) is 19.3 Å². The summed E-state index contributed by atoms with van der Waals surface area (Å²) in [6.45, 7) is 6.56. The zero-order chi connectivity index (χ0) is 54.3. The monoisotopic (exact) mass is 1050 g/mol. The van der Waals surface area contributed by atoms with E-state index in [9.17, 15) is 14.4 Å². The van der Waals surface area contributed by atoms with Crippen LogP contribution in [0.3, 0.4) is 0 Å². The molecule has 0 aromatic rings. The van der Waals surface area contributed by atoms with Crippen molar-refractivity contribution in [2.75, 3.05) is 13.2 Å². The summed E-state index contributed by atoms with van der Waals surface area (Å²) >= 11 is 0. The molecule has 0 amide bonds. The van der Waals surface area contributed by atoms with E-state index in [1.165, 1.54) is 186 Å². The van der Waals surface area contributed by atoms with E-state index >= 15 is 0 Å². The second-order valence-electron chi connectivity index (χ2n) is 21.7. The van der Waals surface area contributed by atoms with Crippen molar-refractivity contribution < 1.29 is 28.6 Å². The van der Waals surface area contributed by atoms with Gasteiger partial charge in [-0.3, -0.25) is 14.4 Å². The third-order valence-electron chi connectivity index (χ3n) is 14.2. The Morgan fingerprint density at radius 2 is 0.520 bits per heavy atom. The molecule has 0 N–H and O–H groups in total. The number of allylic oxidation sites excluding steroid dienone is 12. The summed E-state index contributed by atoms with van der Waals surface area (Å²) in [7, 11) is 0. The van der Waals surface area contributed by atoms with Crippen molar-refractivity contribution in [3.05, 3.63) is 72.9 Å². The van der Waals surface area contributed by atoms with Crippen LogP contribution in [-0.4, -0.2) is 37.2 Å². The second-order valence-corrected chi connectivity index (χ2v) is 21.7. The highest BCUT2D eigenvalue weighted by Crippen LogP contribution is 2.17. The van der Waals surface area contributed by atoms with Crippen LogP contribution in [0.2, 0.25) is 0 Å². The molecule has 0 aliphatic carbocycles. The molecule has 0 aromatic carbocycles. The molecule has 0 heterocycles. The summed E-state index contributed by atoms with van der Waals surface area (Å²) in [5.74, 6) is -0.862. The van der Waals surface area contributed by atoms with E-state index < -0.39 is 6.10 Å². The van der Waals surface area contributed by atoms with Gasteiger partial charge in [-0.05, 0) is 70.6 Å². The van der Waals surface area contributed by atoms with Crippen LogP contribution in [0.25, 0.3) is 0 Å². The second kappa shape index (κ2) is 63.4. The molecule has 0 aliphatic rings. The Hall–Kier alpha value is -3.15. The third-order valence-corrected chi connectivity index (χ3v) is 14.2. The minimum atomic E-state index is -0.776. The fraction of sp³-hybridized carbons (Fsp3) is 0.783. The fourth-order valence-corrected chi connectivity index (χ4v) is 9.39. The Morgan fingerprint density at radius 1 is 0.280 bits per heavy atom. The van der Waals surface area contributed by atoms with Gasteiger partial charge in [-0.25, -0.2) is 0 Å².